The number of aryl methyl sites for hydroxylation is 2. The van der Waals surface area contributed by atoms with Crippen LogP contribution in [0.15, 0.2) is 47.4 Å². The molecule has 0 spiro atoms. The zero-order chi connectivity index (χ0) is 18.4. The quantitative estimate of drug-likeness (QED) is 0.773. The number of anilines is 1. The zero-order valence-electron chi connectivity index (χ0n) is 14.2. The third-order valence-corrected chi connectivity index (χ3v) is 5.71. The first-order chi connectivity index (χ1) is 11.9. The highest BCUT2D eigenvalue weighted by molar-refractivity contribution is 7.89. The molecule has 2 aromatic carbocycles. The van der Waals surface area contributed by atoms with E-state index in [0.717, 1.165) is 29.7 Å². The molecule has 0 saturated carbocycles. The molecule has 0 radical (unpaired) electrons. The van der Waals surface area contributed by atoms with Crippen molar-refractivity contribution in [3.8, 4) is 0 Å². The summed E-state index contributed by atoms with van der Waals surface area (Å²) in [6.45, 7) is 3.64. The molecule has 2 rings (SSSR count). The van der Waals surface area contributed by atoms with Gasteiger partial charge in [0.05, 0.1) is 11.6 Å². The Hall–Kier alpha value is -1.89. The van der Waals surface area contributed by atoms with Crippen molar-refractivity contribution in [1.29, 1.82) is 0 Å². The molecule has 0 aromatic heterocycles. The molecule has 5 nitrogen and oxygen atoms in total. The first kappa shape index (κ1) is 19.4. The summed E-state index contributed by atoms with van der Waals surface area (Å²) >= 11 is 5.91. The van der Waals surface area contributed by atoms with Gasteiger partial charge in [-0.25, -0.2) is 13.1 Å². The van der Waals surface area contributed by atoms with E-state index >= 15 is 0 Å². The highest BCUT2D eigenvalue weighted by Gasteiger charge is 2.19. The molecule has 0 aliphatic carbocycles. The molecule has 0 aliphatic heterocycles. The van der Waals surface area contributed by atoms with E-state index in [-0.39, 0.29) is 16.5 Å². The van der Waals surface area contributed by atoms with E-state index in [4.69, 9.17) is 11.6 Å². The maximum atomic E-state index is 12.3. The van der Waals surface area contributed by atoms with Gasteiger partial charge in [0.1, 0.15) is 4.90 Å². The first-order valence-electron chi connectivity index (χ1n) is 8.03. The summed E-state index contributed by atoms with van der Waals surface area (Å²) in [5, 5.41) is 2.93. The molecule has 2 N–H and O–H groups in total. The smallest absolute Gasteiger partial charge is 0.242 e. The van der Waals surface area contributed by atoms with E-state index < -0.39 is 15.9 Å². The van der Waals surface area contributed by atoms with Crippen molar-refractivity contribution < 1.29 is 13.2 Å². The molecule has 134 valence electrons. The Bertz CT molecular complexity index is 844. The molecule has 7 heteroatoms. The number of para-hydroxylation sites is 1. The van der Waals surface area contributed by atoms with Crippen molar-refractivity contribution >= 4 is 33.2 Å². The molecule has 0 fully saturated rings. The zero-order valence-corrected chi connectivity index (χ0v) is 15.7. The van der Waals surface area contributed by atoms with Crippen LogP contribution in [0.4, 0.5) is 5.69 Å². The Morgan fingerprint density at radius 3 is 2.16 bits per heavy atom. The summed E-state index contributed by atoms with van der Waals surface area (Å²) in [5.41, 5.74) is 2.79. The van der Waals surface area contributed by atoms with Crippen molar-refractivity contribution in [1.82, 2.24) is 4.72 Å². The average Bonchev–Trinajstić information content (AvgIpc) is 2.60. The molecular formula is C18H21ClN2O3S. The fourth-order valence-corrected chi connectivity index (χ4v) is 3.99. The Morgan fingerprint density at radius 2 is 1.60 bits per heavy atom. The normalized spacial score (nSPS) is 11.3. The Balaban J connectivity index is 2.11. The van der Waals surface area contributed by atoms with Gasteiger partial charge >= 0.3 is 0 Å². The van der Waals surface area contributed by atoms with E-state index in [1.54, 1.807) is 12.1 Å². The van der Waals surface area contributed by atoms with Crippen molar-refractivity contribution in [2.75, 3.05) is 11.9 Å². The van der Waals surface area contributed by atoms with Crippen molar-refractivity contribution in [2.45, 2.75) is 31.6 Å². The van der Waals surface area contributed by atoms with Crippen LogP contribution in [0, 0.1) is 0 Å². The van der Waals surface area contributed by atoms with Crippen LogP contribution in [0.1, 0.15) is 25.0 Å². The molecular weight excluding hydrogens is 360 g/mol. The summed E-state index contributed by atoms with van der Waals surface area (Å²) in [6.07, 6.45) is 1.55. The first-order valence-corrected chi connectivity index (χ1v) is 9.90. The fraction of sp³-hybridized carbons (Fsp3) is 0.278. The van der Waals surface area contributed by atoms with Gasteiger partial charge in [-0.15, -0.1) is 0 Å². The maximum absolute atomic E-state index is 12.3. The number of sulfonamides is 1. The Morgan fingerprint density at radius 1 is 1.00 bits per heavy atom. The Kier molecular flexibility index (Phi) is 6.58. The predicted molar refractivity (Wildman–Crippen MR) is 100 cm³/mol. The van der Waals surface area contributed by atoms with Gasteiger partial charge in [-0.05, 0) is 36.1 Å². The van der Waals surface area contributed by atoms with E-state index in [1.165, 1.54) is 12.1 Å². The van der Waals surface area contributed by atoms with Crippen LogP contribution < -0.4 is 10.0 Å². The molecule has 0 atom stereocenters. The standard InChI is InChI=1S/C18H21ClN2O3S/c1-3-13-8-7-9-14(4-2)18(13)21-17(22)12-20-25(23,24)16-11-6-5-10-15(16)19/h5-11,20H,3-4,12H2,1-2H3,(H,21,22). The molecule has 1 amide bonds. The number of halogens is 1. The van der Waals surface area contributed by atoms with Crippen LogP contribution in [-0.4, -0.2) is 20.9 Å². The second kappa shape index (κ2) is 8.47. The molecule has 0 saturated heterocycles. The highest BCUT2D eigenvalue weighted by Crippen LogP contribution is 2.23. The number of carbonyl (C=O) groups excluding carboxylic acids is 1. The molecule has 0 unspecified atom stereocenters. The summed E-state index contributed by atoms with van der Waals surface area (Å²) in [6, 6.07) is 11.9. The number of nitrogens with one attached hydrogen (secondary N) is 2. The lowest BCUT2D eigenvalue weighted by molar-refractivity contribution is -0.115. The third kappa shape index (κ3) is 4.81. The van der Waals surface area contributed by atoms with Crippen LogP contribution in [0.2, 0.25) is 5.02 Å². The van der Waals surface area contributed by atoms with Crippen molar-refractivity contribution in [3.05, 3.63) is 58.6 Å². The monoisotopic (exact) mass is 380 g/mol. The lowest BCUT2D eigenvalue weighted by Gasteiger charge is -2.15. The largest absolute Gasteiger partial charge is 0.324 e. The third-order valence-electron chi connectivity index (χ3n) is 3.81. The SMILES string of the molecule is CCc1cccc(CC)c1NC(=O)CNS(=O)(=O)c1ccccc1Cl. The number of amides is 1. The van der Waals surface area contributed by atoms with Crippen LogP contribution in [0.5, 0.6) is 0 Å². The summed E-state index contributed by atoms with van der Waals surface area (Å²) in [7, 11) is -3.85. The van der Waals surface area contributed by atoms with Crippen molar-refractivity contribution in [2.24, 2.45) is 0 Å². The molecule has 25 heavy (non-hydrogen) atoms. The van der Waals surface area contributed by atoms with Gasteiger partial charge in [-0.3, -0.25) is 4.79 Å². The van der Waals surface area contributed by atoms with Gasteiger partial charge in [-0.2, -0.15) is 0 Å². The lowest BCUT2D eigenvalue weighted by Crippen LogP contribution is -2.33. The van der Waals surface area contributed by atoms with Crippen LogP contribution >= 0.6 is 11.6 Å². The van der Waals surface area contributed by atoms with E-state index in [0.29, 0.717) is 0 Å². The lowest BCUT2D eigenvalue weighted by atomic mass is 10.0. The second-order valence-electron chi connectivity index (χ2n) is 5.46. The van der Waals surface area contributed by atoms with Crippen molar-refractivity contribution in [3.63, 3.8) is 0 Å². The van der Waals surface area contributed by atoms with E-state index in [1.807, 2.05) is 32.0 Å². The fourth-order valence-electron chi connectivity index (χ4n) is 2.49. The minimum Gasteiger partial charge on any atom is -0.324 e. The highest BCUT2D eigenvalue weighted by atomic mass is 35.5. The number of hydrogen-bond donors (Lipinski definition) is 2. The van der Waals surface area contributed by atoms with Gasteiger partial charge in [0.15, 0.2) is 0 Å². The Labute approximate surface area is 153 Å². The second-order valence-corrected chi connectivity index (χ2v) is 7.60. The summed E-state index contributed by atoms with van der Waals surface area (Å²) in [4.78, 5) is 12.2. The molecule has 0 bridgehead atoms. The minimum absolute atomic E-state index is 0.0485. The summed E-state index contributed by atoms with van der Waals surface area (Å²) < 4.78 is 26.8. The van der Waals surface area contributed by atoms with Gasteiger partial charge in [0.25, 0.3) is 0 Å². The number of rotatable bonds is 7. The minimum atomic E-state index is -3.85. The van der Waals surface area contributed by atoms with E-state index in [2.05, 4.69) is 10.0 Å². The van der Waals surface area contributed by atoms with Crippen LogP contribution in [0.3, 0.4) is 0 Å². The number of benzene rings is 2. The number of carbonyl (C=O) groups is 1. The van der Waals surface area contributed by atoms with Gasteiger partial charge in [-0.1, -0.05) is 55.8 Å². The van der Waals surface area contributed by atoms with Gasteiger partial charge in [0, 0.05) is 5.69 Å². The summed E-state index contributed by atoms with van der Waals surface area (Å²) in [5.74, 6) is -0.425. The molecule has 2 aromatic rings. The topological polar surface area (TPSA) is 75.3 Å². The molecule has 0 aliphatic rings. The number of hydrogen-bond acceptors (Lipinski definition) is 3. The average molecular weight is 381 g/mol. The molecule has 0 heterocycles. The van der Waals surface area contributed by atoms with Crippen LogP contribution in [-0.2, 0) is 27.7 Å². The van der Waals surface area contributed by atoms with E-state index in [9.17, 15) is 13.2 Å². The van der Waals surface area contributed by atoms with Gasteiger partial charge in [0.2, 0.25) is 15.9 Å². The van der Waals surface area contributed by atoms with Crippen LogP contribution in [0.25, 0.3) is 0 Å². The van der Waals surface area contributed by atoms with Gasteiger partial charge < -0.3 is 5.32 Å². The maximum Gasteiger partial charge on any atom is 0.242 e. The predicted octanol–water partition coefficient (Wildman–Crippen LogP) is 3.38.